The van der Waals surface area contributed by atoms with Crippen LogP contribution in [0.4, 0.5) is 10.8 Å². The van der Waals surface area contributed by atoms with Gasteiger partial charge in [-0.05, 0) is 19.1 Å². The number of aromatic nitrogens is 1. The molecule has 0 spiro atoms. The van der Waals surface area contributed by atoms with Gasteiger partial charge in [0, 0.05) is 32.1 Å². The van der Waals surface area contributed by atoms with Crippen molar-refractivity contribution in [3.05, 3.63) is 53.2 Å². The van der Waals surface area contributed by atoms with Gasteiger partial charge in [0.2, 0.25) is 0 Å². The maximum atomic E-state index is 12.1. The van der Waals surface area contributed by atoms with Crippen LogP contribution in [0.2, 0.25) is 0 Å². The number of thiazole rings is 1. The molecule has 4 nitrogen and oxygen atoms in total. The first-order valence-electron chi connectivity index (χ1n) is 6.24. The predicted molar refractivity (Wildman–Crippen MR) is 83.7 cm³/mol. The highest BCUT2D eigenvalue weighted by Crippen LogP contribution is 2.26. The number of allylic oxidation sites excluding steroid dienone is 1. The lowest BCUT2D eigenvalue weighted by atomic mass is 10.3. The van der Waals surface area contributed by atoms with Crippen molar-refractivity contribution in [3.63, 3.8) is 0 Å². The van der Waals surface area contributed by atoms with Crippen molar-refractivity contribution in [2.45, 2.75) is 6.92 Å². The maximum absolute atomic E-state index is 12.1. The van der Waals surface area contributed by atoms with Gasteiger partial charge in [0.15, 0.2) is 10.9 Å². The molecule has 2 aromatic rings. The third-order valence-electron chi connectivity index (χ3n) is 2.57. The normalized spacial score (nSPS) is 10.8. The number of hydrogen-bond donors (Lipinski definition) is 1. The lowest BCUT2D eigenvalue weighted by molar-refractivity contribution is 0.104. The van der Waals surface area contributed by atoms with Gasteiger partial charge < -0.3 is 10.2 Å². The predicted octanol–water partition coefficient (Wildman–Crippen LogP) is 3.45. The van der Waals surface area contributed by atoms with Crippen LogP contribution in [0, 0.1) is 6.92 Å². The lowest BCUT2D eigenvalue weighted by Gasteiger charge is -2.02. The first-order chi connectivity index (χ1) is 9.56. The van der Waals surface area contributed by atoms with Crippen molar-refractivity contribution in [2.75, 3.05) is 19.4 Å². The van der Waals surface area contributed by atoms with Crippen LogP contribution < -0.4 is 5.32 Å². The number of rotatable bonds is 5. The van der Waals surface area contributed by atoms with Gasteiger partial charge in [0.25, 0.3) is 0 Å². The Labute approximate surface area is 122 Å². The Morgan fingerprint density at radius 1 is 1.30 bits per heavy atom. The zero-order chi connectivity index (χ0) is 14.5. The van der Waals surface area contributed by atoms with Gasteiger partial charge in [0.05, 0.1) is 10.6 Å². The SMILES string of the molecule is Cc1nc(Nc2ccccc2)sc1C(=O)C=CN(C)C. The summed E-state index contributed by atoms with van der Waals surface area (Å²) in [5.41, 5.74) is 1.71. The summed E-state index contributed by atoms with van der Waals surface area (Å²) in [6.45, 7) is 1.85. The Morgan fingerprint density at radius 3 is 2.65 bits per heavy atom. The van der Waals surface area contributed by atoms with Crippen LogP contribution in [-0.4, -0.2) is 29.8 Å². The van der Waals surface area contributed by atoms with Crippen LogP contribution in [0.3, 0.4) is 0 Å². The van der Waals surface area contributed by atoms with E-state index in [1.54, 1.807) is 12.3 Å². The molecule has 0 aliphatic heterocycles. The van der Waals surface area contributed by atoms with Gasteiger partial charge in [-0.2, -0.15) is 0 Å². The number of nitrogens with one attached hydrogen (secondary N) is 1. The van der Waals surface area contributed by atoms with Gasteiger partial charge in [-0.3, -0.25) is 4.79 Å². The Hall–Kier alpha value is -2.14. The van der Waals surface area contributed by atoms with Crippen LogP contribution in [-0.2, 0) is 0 Å². The van der Waals surface area contributed by atoms with Crippen LogP contribution >= 0.6 is 11.3 Å². The first-order valence-corrected chi connectivity index (χ1v) is 7.06. The second-order valence-electron chi connectivity index (χ2n) is 4.57. The minimum atomic E-state index is -0.0187. The summed E-state index contributed by atoms with van der Waals surface area (Å²) in [5, 5.41) is 3.94. The van der Waals surface area contributed by atoms with E-state index in [1.165, 1.54) is 11.3 Å². The molecule has 0 unspecified atom stereocenters. The number of carbonyl (C=O) groups excluding carboxylic acids is 1. The first kappa shape index (κ1) is 14.3. The fraction of sp³-hybridized carbons (Fsp3) is 0.200. The van der Waals surface area contributed by atoms with Crippen LogP contribution in [0.5, 0.6) is 0 Å². The van der Waals surface area contributed by atoms with Gasteiger partial charge in [-0.15, -0.1) is 0 Å². The van der Waals surface area contributed by atoms with Gasteiger partial charge in [-0.1, -0.05) is 29.5 Å². The molecule has 2 rings (SSSR count). The zero-order valence-electron chi connectivity index (χ0n) is 11.8. The molecular formula is C15H17N3OS. The van der Waals surface area contributed by atoms with Crippen molar-refractivity contribution >= 4 is 27.9 Å². The monoisotopic (exact) mass is 287 g/mol. The number of benzene rings is 1. The molecule has 0 amide bonds. The van der Waals surface area contributed by atoms with E-state index in [1.807, 2.05) is 56.3 Å². The molecule has 0 saturated carbocycles. The molecule has 0 aliphatic carbocycles. The lowest BCUT2D eigenvalue weighted by Crippen LogP contribution is -2.02. The molecule has 1 aromatic heterocycles. The van der Waals surface area contributed by atoms with E-state index in [-0.39, 0.29) is 5.78 Å². The zero-order valence-corrected chi connectivity index (χ0v) is 12.6. The number of nitrogens with zero attached hydrogens (tertiary/aromatic N) is 2. The van der Waals surface area contributed by atoms with Crippen molar-refractivity contribution in [1.29, 1.82) is 0 Å². The minimum Gasteiger partial charge on any atom is -0.383 e. The molecule has 20 heavy (non-hydrogen) atoms. The van der Waals surface area contributed by atoms with E-state index < -0.39 is 0 Å². The molecule has 0 bridgehead atoms. The average molecular weight is 287 g/mol. The number of aryl methyl sites for hydroxylation is 1. The Kier molecular flexibility index (Phi) is 4.53. The molecule has 5 heteroatoms. The molecule has 0 atom stereocenters. The molecule has 104 valence electrons. The van der Waals surface area contributed by atoms with E-state index in [0.29, 0.717) is 4.88 Å². The molecule has 1 heterocycles. The molecule has 1 N–H and O–H groups in total. The Morgan fingerprint density at radius 2 is 2.00 bits per heavy atom. The summed E-state index contributed by atoms with van der Waals surface area (Å²) in [6, 6.07) is 9.79. The number of anilines is 2. The standard InChI is InChI=1S/C15H17N3OS/c1-11-14(13(19)9-10-18(2)3)20-15(16-11)17-12-7-5-4-6-8-12/h4-10H,1-3H3,(H,16,17). The Balaban J connectivity index is 2.15. The van der Waals surface area contributed by atoms with E-state index in [0.717, 1.165) is 16.5 Å². The van der Waals surface area contributed by atoms with Crippen molar-refractivity contribution in [2.24, 2.45) is 0 Å². The van der Waals surface area contributed by atoms with Crippen LogP contribution in [0.25, 0.3) is 0 Å². The second kappa shape index (κ2) is 6.34. The number of ketones is 1. The highest BCUT2D eigenvalue weighted by atomic mass is 32.1. The summed E-state index contributed by atoms with van der Waals surface area (Å²) in [4.78, 5) is 19.0. The van der Waals surface area contributed by atoms with E-state index in [4.69, 9.17) is 0 Å². The van der Waals surface area contributed by atoms with Crippen LogP contribution in [0.15, 0.2) is 42.6 Å². The largest absolute Gasteiger partial charge is 0.383 e. The molecule has 0 saturated heterocycles. The average Bonchev–Trinajstić information content (AvgIpc) is 2.78. The summed E-state index contributed by atoms with van der Waals surface area (Å²) >= 11 is 1.37. The number of para-hydroxylation sites is 1. The van der Waals surface area contributed by atoms with Gasteiger partial charge >= 0.3 is 0 Å². The minimum absolute atomic E-state index is 0.0187. The molecule has 0 fully saturated rings. The highest BCUT2D eigenvalue weighted by molar-refractivity contribution is 7.17. The smallest absolute Gasteiger partial charge is 0.199 e. The number of carbonyl (C=O) groups is 1. The van der Waals surface area contributed by atoms with E-state index in [9.17, 15) is 4.79 Å². The third kappa shape index (κ3) is 3.68. The van der Waals surface area contributed by atoms with Gasteiger partial charge in [0.1, 0.15) is 0 Å². The fourth-order valence-electron chi connectivity index (χ4n) is 1.62. The fourth-order valence-corrected chi connectivity index (χ4v) is 2.52. The summed E-state index contributed by atoms with van der Waals surface area (Å²) in [5.74, 6) is -0.0187. The summed E-state index contributed by atoms with van der Waals surface area (Å²) in [7, 11) is 3.76. The van der Waals surface area contributed by atoms with Crippen molar-refractivity contribution < 1.29 is 4.79 Å². The van der Waals surface area contributed by atoms with Crippen molar-refractivity contribution in [1.82, 2.24) is 9.88 Å². The molecule has 1 aromatic carbocycles. The number of hydrogen-bond acceptors (Lipinski definition) is 5. The van der Waals surface area contributed by atoms with Gasteiger partial charge in [-0.25, -0.2) is 4.98 Å². The summed E-state index contributed by atoms with van der Waals surface area (Å²) in [6.07, 6.45) is 3.30. The Bertz CT molecular complexity index is 617. The molecule has 0 aliphatic rings. The topological polar surface area (TPSA) is 45.2 Å². The van der Waals surface area contributed by atoms with E-state index >= 15 is 0 Å². The van der Waals surface area contributed by atoms with E-state index in [2.05, 4.69) is 10.3 Å². The summed E-state index contributed by atoms with van der Waals surface area (Å²) < 4.78 is 0. The van der Waals surface area contributed by atoms with Crippen LogP contribution in [0.1, 0.15) is 15.4 Å². The third-order valence-corrected chi connectivity index (χ3v) is 3.66. The highest BCUT2D eigenvalue weighted by Gasteiger charge is 2.13. The molecule has 0 radical (unpaired) electrons. The second-order valence-corrected chi connectivity index (χ2v) is 5.57. The molecular weight excluding hydrogens is 270 g/mol. The van der Waals surface area contributed by atoms with Crippen molar-refractivity contribution in [3.8, 4) is 0 Å². The quantitative estimate of drug-likeness (QED) is 0.676. The maximum Gasteiger partial charge on any atom is 0.199 e.